The van der Waals surface area contributed by atoms with E-state index in [1.54, 1.807) is 11.8 Å². The summed E-state index contributed by atoms with van der Waals surface area (Å²) in [7, 11) is 0. The van der Waals surface area contributed by atoms with Crippen molar-refractivity contribution in [3.8, 4) is 0 Å². The van der Waals surface area contributed by atoms with Gasteiger partial charge in [0.15, 0.2) is 0 Å². The molecule has 0 aromatic heterocycles. The zero-order valence-corrected chi connectivity index (χ0v) is 24.4. The molecule has 1 aliphatic heterocycles. The fourth-order valence-corrected chi connectivity index (χ4v) is 7.06. The molecule has 0 unspecified atom stereocenters. The number of nitrogens with one attached hydrogen (secondary N) is 1. The maximum absolute atomic E-state index is 13.2. The Morgan fingerprint density at radius 3 is 1.85 bits per heavy atom. The van der Waals surface area contributed by atoms with Crippen molar-refractivity contribution in [1.29, 1.82) is 0 Å². The minimum atomic E-state index is -0.468. The molecule has 39 heavy (non-hydrogen) atoms. The minimum Gasteiger partial charge on any atom is -0.354 e. The molecular weight excluding hydrogens is 498 g/mol. The van der Waals surface area contributed by atoms with Crippen molar-refractivity contribution in [1.82, 2.24) is 15.1 Å². The van der Waals surface area contributed by atoms with Gasteiger partial charge in [0.25, 0.3) is 0 Å². The number of benzene rings is 3. The van der Waals surface area contributed by atoms with E-state index in [1.807, 2.05) is 0 Å². The molecule has 0 aliphatic carbocycles. The highest BCUT2D eigenvalue weighted by Gasteiger charge is 2.37. The third-order valence-corrected chi connectivity index (χ3v) is 9.19. The summed E-state index contributed by atoms with van der Waals surface area (Å²) in [5.41, 5.74) is 3.55. The number of hydrogen-bond donors (Lipinski definition) is 1. The minimum absolute atomic E-state index is 0.0944. The topological polar surface area (TPSA) is 35.6 Å². The van der Waals surface area contributed by atoms with Gasteiger partial charge in [-0.15, -0.1) is 11.8 Å². The van der Waals surface area contributed by atoms with Gasteiger partial charge in [-0.05, 0) is 75.1 Å². The van der Waals surface area contributed by atoms with Gasteiger partial charge in [-0.2, -0.15) is 0 Å². The quantitative estimate of drug-likeness (QED) is 0.225. The van der Waals surface area contributed by atoms with Crippen molar-refractivity contribution >= 4 is 17.7 Å². The van der Waals surface area contributed by atoms with Crippen molar-refractivity contribution in [2.24, 2.45) is 0 Å². The predicted octanol–water partition coefficient (Wildman–Crippen LogP) is 6.42. The molecule has 0 bridgehead atoms. The lowest BCUT2D eigenvalue weighted by Crippen LogP contribution is -2.38. The average Bonchev–Trinajstić information content (AvgIpc) is 3.00. The summed E-state index contributed by atoms with van der Waals surface area (Å²) in [5, 5.41) is 3.23. The van der Waals surface area contributed by atoms with E-state index in [-0.39, 0.29) is 5.91 Å². The Bertz CT molecular complexity index is 991. The van der Waals surface area contributed by atoms with Crippen molar-refractivity contribution < 1.29 is 4.79 Å². The van der Waals surface area contributed by atoms with Crippen LogP contribution in [0.2, 0.25) is 0 Å². The number of amides is 1. The smallest absolute Gasteiger partial charge is 0.230 e. The number of hydrogen-bond acceptors (Lipinski definition) is 4. The van der Waals surface area contributed by atoms with E-state index < -0.39 is 4.75 Å². The van der Waals surface area contributed by atoms with E-state index in [2.05, 4.69) is 113 Å². The molecule has 1 N–H and O–H groups in total. The third kappa shape index (κ3) is 8.44. The molecule has 0 spiro atoms. The first-order valence-electron chi connectivity index (χ1n) is 14.7. The van der Waals surface area contributed by atoms with Crippen LogP contribution in [0.1, 0.15) is 55.7 Å². The maximum atomic E-state index is 13.2. The zero-order valence-electron chi connectivity index (χ0n) is 23.6. The van der Waals surface area contributed by atoms with Crippen LogP contribution < -0.4 is 5.32 Å². The van der Waals surface area contributed by atoms with Crippen molar-refractivity contribution in [3.63, 3.8) is 0 Å². The van der Waals surface area contributed by atoms with Gasteiger partial charge < -0.3 is 15.1 Å². The average molecular weight is 544 g/mol. The molecule has 1 fully saturated rings. The summed E-state index contributed by atoms with van der Waals surface area (Å²) in [4.78, 5) is 18.3. The van der Waals surface area contributed by atoms with E-state index in [4.69, 9.17) is 0 Å². The standard InChI is InChI=1S/C34H45N3OS/c1-2-23-36(26-15-27-37-24-13-6-14-25-37)28-22-35-33(38)29-39-34(30-16-7-3-8-17-30,31-18-9-4-10-19-31)32-20-11-5-12-21-32/h3-5,7-12,16-21H,2,6,13-15,22-29H2,1H3,(H,35,38). The number of carbonyl (C=O) groups excluding carboxylic acids is 1. The molecule has 1 amide bonds. The Morgan fingerprint density at radius 2 is 1.33 bits per heavy atom. The van der Waals surface area contributed by atoms with E-state index in [1.165, 1.54) is 62.0 Å². The van der Waals surface area contributed by atoms with Gasteiger partial charge in [-0.25, -0.2) is 0 Å². The Balaban J connectivity index is 1.38. The molecule has 0 atom stereocenters. The van der Waals surface area contributed by atoms with Crippen LogP contribution in [0.4, 0.5) is 0 Å². The fourth-order valence-electron chi connectivity index (χ4n) is 5.70. The molecule has 3 aromatic rings. The van der Waals surface area contributed by atoms with E-state index in [0.29, 0.717) is 12.3 Å². The number of piperidine rings is 1. The van der Waals surface area contributed by atoms with Crippen molar-refractivity contribution in [2.75, 3.05) is 51.6 Å². The molecule has 0 saturated carbocycles. The third-order valence-electron chi connectivity index (χ3n) is 7.65. The summed E-state index contributed by atoms with van der Waals surface area (Å²) in [6.45, 7) is 9.75. The van der Waals surface area contributed by atoms with Crippen LogP contribution in [0.25, 0.3) is 0 Å². The summed E-state index contributed by atoms with van der Waals surface area (Å²) >= 11 is 1.70. The van der Waals surface area contributed by atoms with Gasteiger partial charge in [-0.3, -0.25) is 4.79 Å². The predicted molar refractivity (Wildman–Crippen MR) is 166 cm³/mol. The van der Waals surface area contributed by atoms with Crippen molar-refractivity contribution in [2.45, 2.75) is 43.8 Å². The lowest BCUT2D eigenvalue weighted by Gasteiger charge is -2.35. The van der Waals surface area contributed by atoms with Crippen LogP contribution in [-0.2, 0) is 9.54 Å². The van der Waals surface area contributed by atoms with Gasteiger partial charge in [-0.1, -0.05) is 104 Å². The molecule has 0 radical (unpaired) electrons. The zero-order chi connectivity index (χ0) is 27.2. The molecule has 4 rings (SSSR count). The van der Waals surface area contributed by atoms with Crippen LogP contribution >= 0.6 is 11.8 Å². The summed E-state index contributed by atoms with van der Waals surface area (Å²) in [6.07, 6.45) is 6.43. The molecule has 1 aliphatic rings. The SMILES string of the molecule is CCCN(CCCN1CCCCC1)CCNC(=O)CSC(c1ccccc1)(c1ccccc1)c1ccccc1. The molecule has 1 heterocycles. The van der Waals surface area contributed by atoms with Gasteiger partial charge in [0.05, 0.1) is 10.5 Å². The van der Waals surface area contributed by atoms with Crippen LogP contribution in [0.5, 0.6) is 0 Å². The van der Waals surface area contributed by atoms with E-state index in [9.17, 15) is 4.79 Å². The first kappa shape index (κ1) is 29.4. The molecule has 1 saturated heterocycles. The highest BCUT2D eigenvalue weighted by molar-refractivity contribution is 8.01. The Morgan fingerprint density at radius 1 is 0.795 bits per heavy atom. The number of nitrogens with zero attached hydrogens (tertiary/aromatic N) is 2. The van der Waals surface area contributed by atoms with Gasteiger partial charge in [0.1, 0.15) is 0 Å². The second kappa shape index (κ2) is 15.9. The normalized spacial score (nSPS) is 14.4. The monoisotopic (exact) mass is 543 g/mol. The lowest BCUT2D eigenvalue weighted by atomic mass is 9.84. The van der Waals surface area contributed by atoms with E-state index in [0.717, 1.165) is 26.1 Å². The first-order chi connectivity index (χ1) is 19.2. The number of thioether (sulfide) groups is 1. The van der Waals surface area contributed by atoms with Crippen LogP contribution in [0, 0.1) is 0 Å². The Labute approximate surface area is 240 Å². The second-order valence-electron chi connectivity index (χ2n) is 10.5. The van der Waals surface area contributed by atoms with Crippen LogP contribution in [0.3, 0.4) is 0 Å². The molecule has 208 valence electrons. The number of likely N-dealkylation sites (tertiary alicyclic amines) is 1. The van der Waals surface area contributed by atoms with Gasteiger partial charge in [0, 0.05) is 13.1 Å². The van der Waals surface area contributed by atoms with Gasteiger partial charge >= 0.3 is 0 Å². The highest BCUT2D eigenvalue weighted by atomic mass is 32.2. The number of carbonyl (C=O) groups is 1. The molecule has 3 aromatic carbocycles. The second-order valence-corrected chi connectivity index (χ2v) is 11.7. The fraction of sp³-hybridized carbons (Fsp3) is 0.441. The first-order valence-corrected chi connectivity index (χ1v) is 15.7. The summed E-state index contributed by atoms with van der Waals surface area (Å²) in [5.74, 6) is 0.485. The maximum Gasteiger partial charge on any atom is 0.230 e. The molecule has 5 heteroatoms. The largest absolute Gasteiger partial charge is 0.354 e. The van der Waals surface area contributed by atoms with Crippen molar-refractivity contribution in [3.05, 3.63) is 108 Å². The summed E-state index contributed by atoms with van der Waals surface area (Å²) in [6, 6.07) is 31.7. The highest BCUT2D eigenvalue weighted by Crippen LogP contribution is 2.48. The molecular formula is C34H45N3OS. The lowest BCUT2D eigenvalue weighted by molar-refractivity contribution is -0.118. The summed E-state index contributed by atoms with van der Waals surface area (Å²) < 4.78 is -0.468. The number of rotatable bonds is 15. The molecule has 4 nitrogen and oxygen atoms in total. The van der Waals surface area contributed by atoms with Gasteiger partial charge in [0.2, 0.25) is 5.91 Å². The van der Waals surface area contributed by atoms with E-state index >= 15 is 0 Å². The van der Waals surface area contributed by atoms with Crippen LogP contribution in [0.15, 0.2) is 91.0 Å². The Kier molecular flexibility index (Phi) is 11.9. The Hall–Kier alpha value is -2.60. The van der Waals surface area contributed by atoms with Crippen LogP contribution in [-0.4, -0.2) is 67.3 Å².